The van der Waals surface area contributed by atoms with Gasteiger partial charge in [-0.15, -0.1) is 0 Å². The molecule has 0 saturated heterocycles. The normalized spacial score (nSPS) is 14.2. The fourth-order valence-electron chi connectivity index (χ4n) is 8.48. The molecule has 0 bridgehead atoms. The molecule has 0 radical (unpaired) electrons. The number of rotatable bonds is 10. The van der Waals surface area contributed by atoms with Crippen LogP contribution in [-0.2, 0) is 20.0 Å². The quantitative estimate of drug-likeness (QED) is 0.138. The molecule has 7 aromatic rings. The van der Waals surface area contributed by atoms with E-state index in [1.165, 1.54) is 0 Å². The molecule has 1 aliphatic rings. The van der Waals surface area contributed by atoms with Crippen molar-refractivity contribution in [3.63, 3.8) is 0 Å². The molecule has 1 atom stereocenters. The summed E-state index contributed by atoms with van der Waals surface area (Å²) in [6.07, 6.45) is 6.30. The second-order valence-corrected chi connectivity index (χ2v) is 15.6. The van der Waals surface area contributed by atoms with Crippen LogP contribution >= 0.6 is 23.2 Å². The molecule has 3 aromatic carbocycles. The molecule has 56 heavy (non-hydrogen) atoms. The van der Waals surface area contributed by atoms with Gasteiger partial charge in [-0.3, -0.25) is 14.5 Å². The zero-order valence-electron chi connectivity index (χ0n) is 32.2. The van der Waals surface area contributed by atoms with E-state index in [1.807, 2.05) is 103 Å². The van der Waals surface area contributed by atoms with Crippen LogP contribution in [0.2, 0.25) is 10.0 Å². The summed E-state index contributed by atoms with van der Waals surface area (Å²) in [6, 6.07) is 17.0. The number of carbonyl (C=O) groups excluding carboxylic acids is 1. The van der Waals surface area contributed by atoms with Gasteiger partial charge in [-0.05, 0) is 106 Å². The number of nitrogens with zero attached hydrogens (tertiary/aromatic N) is 6. The standard InChI is InChI=1S/C44H42Cl2N6O4/c1-24-19-30(20-25(2)39(24)46)56-18-8-10-31-33-12-13-35(45)38(37-27(4)48-49(6)28(37)5)41(33)52-26(3)21-51(43(53)42(31)52)36-11-7-9-32-34(44(54)55)23-50(40(32)36)22-29-14-16-47-17-15-29/h7,9,11-17,19-20,23,26H,8,10,18,21-22H2,1-6H3,(H,54,55). The highest BCUT2D eigenvalue weighted by Gasteiger charge is 2.38. The minimum absolute atomic E-state index is 0.165. The van der Waals surface area contributed by atoms with E-state index in [0.29, 0.717) is 59.8 Å². The van der Waals surface area contributed by atoms with E-state index < -0.39 is 5.97 Å². The van der Waals surface area contributed by atoms with Crippen LogP contribution < -0.4 is 9.64 Å². The van der Waals surface area contributed by atoms with Crippen molar-refractivity contribution in [3.05, 3.63) is 128 Å². The summed E-state index contributed by atoms with van der Waals surface area (Å²) in [5, 5.41) is 17.8. The number of amides is 1. The molecule has 0 spiro atoms. The van der Waals surface area contributed by atoms with Crippen LogP contribution in [0.15, 0.2) is 73.2 Å². The van der Waals surface area contributed by atoms with Crippen molar-refractivity contribution in [2.75, 3.05) is 18.1 Å². The fraction of sp³-hybridized carbons (Fsp3) is 0.273. The van der Waals surface area contributed by atoms with Crippen molar-refractivity contribution < 1.29 is 19.4 Å². The number of ether oxygens (including phenoxy) is 1. The molecule has 286 valence electrons. The third kappa shape index (κ3) is 6.21. The first-order valence-electron chi connectivity index (χ1n) is 18.7. The molecular formula is C44H42Cl2N6O4. The van der Waals surface area contributed by atoms with Gasteiger partial charge in [0.1, 0.15) is 11.4 Å². The Balaban J connectivity index is 1.28. The van der Waals surface area contributed by atoms with E-state index >= 15 is 4.79 Å². The van der Waals surface area contributed by atoms with Crippen molar-refractivity contribution in [2.45, 2.75) is 60.0 Å². The maximum atomic E-state index is 15.3. The smallest absolute Gasteiger partial charge is 0.337 e. The first kappa shape index (κ1) is 37.3. The van der Waals surface area contributed by atoms with E-state index in [2.05, 4.69) is 16.5 Å². The average Bonchev–Trinajstić information content (AvgIpc) is 3.79. The van der Waals surface area contributed by atoms with Crippen LogP contribution in [0.1, 0.15) is 73.9 Å². The van der Waals surface area contributed by atoms with Crippen molar-refractivity contribution in [1.82, 2.24) is 23.9 Å². The van der Waals surface area contributed by atoms with Gasteiger partial charge in [0.25, 0.3) is 5.91 Å². The van der Waals surface area contributed by atoms with Crippen LogP contribution in [0.5, 0.6) is 5.75 Å². The number of hydrogen-bond acceptors (Lipinski definition) is 5. The van der Waals surface area contributed by atoms with Gasteiger partial charge in [0.15, 0.2) is 0 Å². The third-order valence-corrected chi connectivity index (χ3v) is 12.0. The summed E-state index contributed by atoms with van der Waals surface area (Å²) in [6.45, 7) is 11.3. The van der Waals surface area contributed by atoms with Crippen LogP contribution in [0.4, 0.5) is 5.69 Å². The minimum Gasteiger partial charge on any atom is -0.494 e. The van der Waals surface area contributed by atoms with Crippen molar-refractivity contribution >= 4 is 62.6 Å². The number of benzene rings is 3. The van der Waals surface area contributed by atoms with Gasteiger partial charge in [0.2, 0.25) is 0 Å². The van der Waals surface area contributed by atoms with Gasteiger partial charge in [0, 0.05) is 77.4 Å². The summed E-state index contributed by atoms with van der Waals surface area (Å²) in [5.41, 5.74) is 10.4. The number of carboxylic acids is 1. The molecule has 0 fully saturated rings. The highest BCUT2D eigenvalue weighted by Crippen LogP contribution is 2.46. The Morgan fingerprint density at radius 1 is 0.964 bits per heavy atom. The van der Waals surface area contributed by atoms with Gasteiger partial charge >= 0.3 is 5.97 Å². The lowest BCUT2D eigenvalue weighted by Gasteiger charge is -2.35. The predicted octanol–water partition coefficient (Wildman–Crippen LogP) is 9.91. The maximum Gasteiger partial charge on any atom is 0.337 e. The second kappa shape index (κ2) is 14.5. The van der Waals surface area contributed by atoms with Gasteiger partial charge in [-0.2, -0.15) is 5.10 Å². The molecule has 10 nitrogen and oxygen atoms in total. The topological polar surface area (TPSA) is 107 Å². The van der Waals surface area contributed by atoms with Gasteiger partial charge in [0.05, 0.1) is 39.6 Å². The zero-order chi connectivity index (χ0) is 39.6. The Morgan fingerprint density at radius 2 is 1.70 bits per heavy atom. The highest BCUT2D eigenvalue weighted by molar-refractivity contribution is 6.35. The number of carboxylic acid groups (broad SMARTS) is 1. The Kier molecular flexibility index (Phi) is 9.66. The number of carbonyl (C=O) groups is 2. The lowest BCUT2D eigenvalue weighted by molar-refractivity contribution is 0.0698. The third-order valence-electron chi connectivity index (χ3n) is 11.1. The molecule has 8 rings (SSSR count). The number of aryl methyl sites for hydroxylation is 5. The number of pyridine rings is 1. The number of fused-ring (bicyclic) bond motifs is 4. The van der Waals surface area contributed by atoms with Gasteiger partial charge < -0.3 is 23.9 Å². The molecule has 5 heterocycles. The van der Waals surface area contributed by atoms with Crippen molar-refractivity contribution in [2.24, 2.45) is 7.05 Å². The number of para-hydroxylation sites is 1. The Labute approximate surface area is 334 Å². The van der Waals surface area contributed by atoms with E-state index in [1.54, 1.807) is 18.6 Å². The van der Waals surface area contributed by atoms with Gasteiger partial charge in [-0.1, -0.05) is 41.4 Å². The number of aromatic carboxylic acids is 1. The maximum absolute atomic E-state index is 15.3. The highest BCUT2D eigenvalue weighted by atomic mass is 35.5. The molecule has 12 heteroatoms. The minimum atomic E-state index is -1.03. The summed E-state index contributed by atoms with van der Waals surface area (Å²) in [4.78, 5) is 33.8. The predicted molar refractivity (Wildman–Crippen MR) is 222 cm³/mol. The molecule has 1 aliphatic heterocycles. The molecule has 4 aromatic heterocycles. The van der Waals surface area contributed by atoms with Crippen molar-refractivity contribution in [3.8, 4) is 16.9 Å². The molecule has 1 unspecified atom stereocenters. The van der Waals surface area contributed by atoms with E-state index in [0.717, 1.165) is 66.4 Å². The first-order valence-corrected chi connectivity index (χ1v) is 19.4. The Bertz CT molecular complexity index is 2690. The zero-order valence-corrected chi connectivity index (χ0v) is 33.7. The first-order chi connectivity index (χ1) is 26.8. The number of aromatic nitrogens is 5. The average molecular weight is 790 g/mol. The van der Waals surface area contributed by atoms with Crippen LogP contribution in [0, 0.1) is 27.7 Å². The van der Waals surface area contributed by atoms with E-state index in [4.69, 9.17) is 33.0 Å². The molecule has 1 amide bonds. The molecule has 0 aliphatic carbocycles. The summed E-state index contributed by atoms with van der Waals surface area (Å²) >= 11 is 13.6. The summed E-state index contributed by atoms with van der Waals surface area (Å²) < 4.78 is 12.2. The van der Waals surface area contributed by atoms with E-state index in [9.17, 15) is 9.90 Å². The van der Waals surface area contributed by atoms with Crippen molar-refractivity contribution in [1.29, 1.82) is 0 Å². The second-order valence-electron chi connectivity index (χ2n) is 14.8. The number of hydrogen-bond donors (Lipinski definition) is 1. The SMILES string of the molecule is Cc1cc(OCCCc2c3n(c4c(-c5c(C)nn(C)c5C)c(Cl)ccc24)C(C)CN(c2cccc4c(C(=O)O)cn(Cc5ccncc5)c24)C3=O)cc(C)c1Cl. The largest absolute Gasteiger partial charge is 0.494 e. The Hall–Kier alpha value is -5.58. The van der Waals surface area contributed by atoms with E-state index in [-0.39, 0.29) is 17.5 Å². The molecule has 0 saturated carbocycles. The Morgan fingerprint density at radius 3 is 2.38 bits per heavy atom. The summed E-state index contributed by atoms with van der Waals surface area (Å²) in [7, 11) is 1.92. The van der Waals surface area contributed by atoms with Gasteiger partial charge in [-0.25, -0.2) is 4.79 Å². The fourth-order valence-corrected chi connectivity index (χ4v) is 8.83. The number of anilines is 1. The molecule has 1 N–H and O–H groups in total. The van der Waals surface area contributed by atoms with Crippen LogP contribution in [0.3, 0.4) is 0 Å². The monoisotopic (exact) mass is 788 g/mol. The summed E-state index contributed by atoms with van der Waals surface area (Å²) in [5.74, 6) is -0.441. The molecular weight excluding hydrogens is 747 g/mol. The lowest BCUT2D eigenvalue weighted by atomic mass is 9.98. The van der Waals surface area contributed by atoms with Crippen LogP contribution in [-0.4, -0.2) is 54.0 Å². The lowest BCUT2D eigenvalue weighted by Crippen LogP contribution is -2.43. The number of halogens is 2. The van der Waals surface area contributed by atoms with Crippen LogP contribution in [0.25, 0.3) is 32.9 Å².